The van der Waals surface area contributed by atoms with E-state index in [0.29, 0.717) is 13.1 Å². The molecule has 1 aromatic rings. The number of urea groups is 2. The summed E-state index contributed by atoms with van der Waals surface area (Å²) in [6.45, 7) is 5.92. The van der Waals surface area contributed by atoms with Crippen molar-refractivity contribution >= 4 is 18.0 Å². The van der Waals surface area contributed by atoms with E-state index in [9.17, 15) is 9.59 Å². The highest BCUT2D eigenvalue weighted by Gasteiger charge is 2.16. The van der Waals surface area contributed by atoms with Crippen LogP contribution in [0.4, 0.5) is 9.59 Å². The maximum absolute atomic E-state index is 11.9. The van der Waals surface area contributed by atoms with Gasteiger partial charge in [-0.3, -0.25) is 16.0 Å². The van der Waals surface area contributed by atoms with Crippen LogP contribution >= 0.6 is 0 Å². The van der Waals surface area contributed by atoms with Crippen LogP contribution in [0.2, 0.25) is 0 Å². The van der Waals surface area contributed by atoms with Gasteiger partial charge in [0.1, 0.15) is 6.54 Å². The van der Waals surface area contributed by atoms with Crippen LogP contribution in [0.15, 0.2) is 24.3 Å². The molecule has 0 aromatic heterocycles. The summed E-state index contributed by atoms with van der Waals surface area (Å²) < 4.78 is 1.64. The minimum absolute atomic E-state index is 0.349. The summed E-state index contributed by atoms with van der Waals surface area (Å²) in [5, 5.41) is 17.8. The molecule has 5 N–H and O–H groups in total. The minimum atomic E-state index is -0.499. The van der Waals surface area contributed by atoms with E-state index in [1.807, 2.05) is 0 Å². The number of carbonyl (C=O) groups is 2. The van der Waals surface area contributed by atoms with E-state index in [2.05, 4.69) is 87.7 Å². The van der Waals surface area contributed by atoms with Gasteiger partial charge >= 0.3 is 12.1 Å². The van der Waals surface area contributed by atoms with Gasteiger partial charge in [0.2, 0.25) is 5.96 Å². The normalized spacial score (nSPS) is 11.6. The minimum Gasteiger partial charge on any atom is -0.338 e. The molecule has 9 nitrogen and oxygen atoms in total. The number of nitrogens with one attached hydrogen (secondary N) is 5. The third-order valence-corrected chi connectivity index (χ3v) is 5.04. The number of benzene rings is 1. The van der Waals surface area contributed by atoms with E-state index in [-0.39, 0.29) is 5.96 Å². The Morgan fingerprint density at radius 1 is 0.812 bits per heavy atom. The fourth-order valence-corrected chi connectivity index (χ4v) is 3.26. The number of guanidine groups is 1. The molecule has 1 rings (SSSR count). The lowest BCUT2D eigenvalue weighted by molar-refractivity contribution is -0.903. The predicted octanol–water partition coefficient (Wildman–Crippen LogP) is 1.84. The average Bonchev–Trinajstić information content (AvgIpc) is 2.68. The predicted molar refractivity (Wildman–Crippen MR) is 129 cm³/mol. The molecule has 0 saturated carbocycles. The first kappa shape index (κ1) is 27.4. The van der Waals surface area contributed by atoms with Crippen molar-refractivity contribution in [3.63, 3.8) is 0 Å². The van der Waals surface area contributed by atoms with Crippen LogP contribution in [0.3, 0.4) is 0 Å². The molecule has 0 bridgehead atoms. The summed E-state index contributed by atoms with van der Waals surface area (Å²) >= 11 is 0. The molecule has 0 heterocycles. The molecule has 0 unspecified atom stereocenters. The molecule has 32 heavy (non-hydrogen) atoms. The maximum Gasteiger partial charge on any atom is 0.321 e. The summed E-state index contributed by atoms with van der Waals surface area (Å²) in [5.74, 6) is -0.349. The van der Waals surface area contributed by atoms with Crippen LogP contribution in [-0.2, 0) is 13.0 Å². The molecule has 0 fully saturated rings. The van der Waals surface area contributed by atoms with Crippen LogP contribution in [0.25, 0.3) is 0 Å². The first-order chi connectivity index (χ1) is 14.9. The molecule has 0 saturated heterocycles. The monoisotopic (exact) mass is 449 g/mol. The van der Waals surface area contributed by atoms with Crippen LogP contribution in [0.5, 0.6) is 0 Å². The Labute approximate surface area is 193 Å². The van der Waals surface area contributed by atoms with Gasteiger partial charge in [-0.1, -0.05) is 31.2 Å². The summed E-state index contributed by atoms with van der Waals surface area (Å²) in [6.07, 6.45) is 2.68. The zero-order chi connectivity index (χ0) is 24.2. The maximum atomic E-state index is 11.9. The molecule has 180 valence electrons. The van der Waals surface area contributed by atoms with Crippen LogP contribution in [-0.4, -0.2) is 88.4 Å². The van der Waals surface area contributed by atoms with Gasteiger partial charge < -0.3 is 19.6 Å². The summed E-state index contributed by atoms with van der Waals surface area (Å²) in [6, 6.07) is 7.72. The lowest BCUT2D eigenvalue weighted by atomic mass is 10.1. The van der Waals surface area contributed by atoms with E-state index in [0.717, 1.165) is 47.9 Å². The number of nitrogens with zero attached hydrogens (tertiary/aromatic N) is 2. The molecule has 0 aliphatic heterocycles. The van der Waals surface area contributed by atoms with E-state index >= 15 is 0 Å². The second-order valence-electron chi connectivity index (χ2n) is 9.85. The number of hydrogen-bond donors (Lipinski definition) is 5. The van der Waals surface area contributed by atoms with Gasteiger partial charge in [-0.15, -0.1) is 0 Å². The van der Waals surface area contributed by atoms with Crippen molar-refractivity contribution in [3.8, 4) is 0 Å². The van der Waals surface area contributed by atoms with E-state index < -0.39 is 12.1 Å². The van der Waals surface area contributed by atoms with Crippen molar-refractivity contribution in [1.29, 1.82) is 5.41 Å². The Hall–Kier alpha value is -2.65. The third kappa shape index (κ3) is 12.9. The second kappa shape index (κ2) is 13.0. The summed E-state index contributed by atoms with van der Waals surface area (Å²) in [7, 11) is 10.6. The fourth-order valence-electron chi connectivity index (χ4n) is 3.26. The highest BCUT2D eigenvalue weighted by molar-refractivity contribution is 6.02. The standard InChI is InChI=1S/C23H41N7O2/c1-7-19-10-12-20(13-11-19)18-30(5,6)17-9-15-26-23(32)28-21(24)27-22(31)25-14-8-16-29(2,3)4/h10-13H,7-9,14-18H2,1-6H3,(H3-2,24,25,26,27,28,31,32)/p+2. The summed E-state index contributed by atoms with van der Waals surface area (Å²) in [4.78, 5) is 23.7. The van der Waals surface area contributed by atoms with Crippen molar-refractivity contribution < 1.29 is 18.6 Å². The lowest BCUT2D eigenvalue weighted by Gasteiger charge is -2.30. The SMILES string of the molecule is CCc1ccc(C[N+](C)(C)CCCNC(=O)NC(=N)NC(=O)NCCC[N+](C)(C)C)cc1. The van der Waals surface area contributed by atoms with Gasteiger partial charge in [0.15, 0.2) is 0 Å². The van der Waals surface area contributed by atoms with Gasteiger partial charge in [0, 0.05) is 31.5 Å². The lowest BCUT2D eigenvalue weighted by Crippen LogP contribution is -2.50. The number of aryl methyl sites for hydroxylation is 1. The molecular weight excluding hydrogens is 406 g/mol. The Morgan fingerprint density at radius 2 is 1.28 bits per heavy atom. The number of amides is 4. The number of rotatable bonds is 11. The number of hydrogen-bond acceptors (Lipinski definition) is 3. The first-order valence-corrected chi connectivity index (χ1v) is 11.3. The van der Waals surface area contributed by atoms with Crippen molar-refractivity contribution in [2.24, 2.45) is 0 Å². The third-order valence-electron chi connectivity index (χ3n) is 5.04. The van der Waals surface area contributed by atoms with Gasteiger partial charge in [-0.05, 0) is 12.0 Å². The average molecular weight is 450 g/mol. The van der Waals surface area contributed by atoms with E-state index in [1.54, 1.807) is 0 Å². The summed E-state index contributed by atoms with van der Waals surface area (Å²) in [5.41, 5.74) is 2.64. The quantitative estimate of drug-likeness (QED) is 0.154. The Balaban J connectivity index is 2.21. The molecule has 0 radical (unpaired) electrons. The zero-order valence-corrected chi connectivity index (χ0v) is 20.7. The molecule has 1 aromatic carbocycles. The Kier molecular flexibility index (Phi) is 11.1. The molecular formula is C23H43N7O2+2. The van der Waals surface area contributed by atoms with Crippen molar-refractivity contribution in [2.75, 3.05) is 61.4 Å². The van der Waals surface area contributed by atoms with Gasteiger partial charge in [0.05, 0.1) is 48.3 Å². The fraction of sp³-hybridized carbons (Fsp3) is 0.609. The highest BCUT2D eigenvalue weighted by atomic mass is 16.2. The second-order valence-corrected chi connectivity index (χ2v) is 9.85. The zero-order valence-electron chi connectivity index (χ0n) is 20.7. The Bertz CT molecular complexity index is 740. The largest absolute Gasteiger partial charge is 0.338 e. The molecule has 0 aliphatic carbocycles. The molecule has 9 heteroatoms. The molecule has 0 aliphatic rings. The Morgan fingerprint density at radius 3 is 1.75 bits per heavy atom. The molecule has 0 spiro atoms. The highest BCUT2D eigenvalue weighted by Crippen LogP contribution is 2.11. The van der Waals surface area contributed by atoms with Crippen LogP contribution < -0.4 is 21.3 Å². The van der Waals surface area contributed by atoms with Crippen LogP contribution in [0, 0.1) is 5.41 Å². The van der Waals surface area contributed by atoms with Gasteiger partial charge in [-0.25, -0.2) is 9.59 Å². The number of quaternary nitrogens is 2. The number of carbonyl (C=O) groups excluding carboxylic acids is 2. The van der Waals surface area contributed by atoms with Gasteiger partial charge in [0.25, 0.3) is 0 Å². The van der Waals surface area contributed by atoms with Crippen molar-refractivity contribution in [3.05, 3.63) is 35.4 Å². The molecule has 0 atom stereocenters. The van der Waals surface area contributed by atoms with E-state index in [4.69, 9.17) is 5.41 Å². The van der Waals surface area contributed by atoms with E-state index in [1.165, 1.54) is 11.1 Å². The van der Waals surface area contributed by atoms with Crippen molar-refractivity contribution in [2.45, 2.75) is 32.7 Å². The first-order valence-electron chi connectivity index (χ1n) is 11.3. The van der Waals surface area contributed by atoms with Crippen molar-refractivity contribution in [1.82, 2.24) is 21.3 Å². The topological polar surface area (TPSA) is 106 Å². The molecule has 4 amide bonds. The van der Waals surface area contributed by atoms with Gasteiger partial charge in [-0.2, -0.15) is 0 Å². The van der Waals surface area contributed by atoms with Crippen LogP contribution in [0.1, 0.15) is 30.9 Å². The smallest absolute Gasteiger partial charge is 0.321 e.